The molecule has 4 amide bonds. The fourth-order valence-electron chi connectivity index (χ4n) is 7.51. The minimum atomic E-state index is -3.84. The molecule has 0 radical (unpaired) electrons. The van der Waals surface area contributed by atoms with Crippen molar-refractivity contribution in [2.45, 2.75) is 82.7 Å². The molecule has 16 nitrogen and oxygen atoms in total. The molecule has 1 aliphatic carbocycles. The molecule has 3 atom stereocenters. The van der Waals surface area contributed by atoms with E-state index >= 15 is 0 Å². The summed E-state index contributed by atoms with van der Waals surface area (Å²) in [6.45, 7) is 6.76. The van der Waals surface area contributed by atoms with Crippen LogP contribution in [0.4, 0.5) is 16.5 Å². The zero-order valence-electron chi connectivity index (χ0n) is 36.9. The number of para-hydroxylation sites is 1. The Labute approximate surface area is 382 Å². The minimum absolute atomic E-state index is 0.0298. The maximum Gasteiger partial charge on any atom is 0.266 e. The highest BCUT2D eigenvalue weighted by atomic mass is 32.2. The number of rotatable bonds is 7. The number of carbonyl (C=O) groups is 4. The van der Waals surface area contributed by atoms with Gasteiger partial charge in [0.25, 0.3) is 15.9 Å². The molecule has 7 N–H and O–H groups in total. The molecule has 4 heterocycles. The van der Waals surface area contributed by atoms with E-state index in [1.54, 1.807) is 67.8 Å². The van der Waals surface area contributed by atoms with Crippen LogP contribution >= 0.6 is 11.3 Å². The van der Waals surface area contributed by atoms with Gasteiger partial charge in [0.05, 0.1) is 29.7 Å². The van der Waals surface area contributed by atoms with Gasteiger partial charge in [-0.2, -0.15) is 0 Å². The van der Waals surface area contributed by atoms with E-state index in [2.05, 4.69) is 56.6 Å². The molecule has 3 aromatic carbocycles. The van der Waals surface area contributed by atoms with E-state index in [0.29, 0.717) is 52.8 Å². The number of hydrogen-bond acceptors (Lipinski definition) is 12. The highest BCUT2D eigenvalue weighted by molar-refractivity contribution is 7.90. The summed E-state index contributed by atoms with van der Waals surface area (Å²) in [7, 11) is -2.24. The van der Waals surface area contributed by atoms with E-state index in [0.717, 1.165) is 61.4 Å². The largest absolute Gasteiger partial charge is 0.497 e. The number of nitrogens with two attached hydrogens (primary N) is 1. The van der Waals surface area contributed by atoms with Crippen LogP contribution in [0.2, 0.25) is 0 Å². The SMILES string of the molecule is CC(=O)Nc1cccc(C(=O)N2CCC[C@H]2C(N)=O)c1.COc1ccc2c(=O)cc(-c3csc(NC(C)C)n3)[nH]c2c1.O=C1NS(=O)(=O)c2ccccc2NCCCCC/C=C\[C@@H]2C[C@H]12. The third-order valence-corrected chi connectivity index (χ3v) is 13.0. The van der Waals surface area contributed by atoms with Gasteiger partial charge in [-0.25, -0.2) is 18.1 Å². The molecule has 0 unspecified atom stereocenters. The zero-order valence-corrected chi connectivity index (χ0v) is 38.5. The lowest BCUT2D eigenvalue weighted by Crippen LogP contribution is -2.43. The van der Waals surface area contributed by atoms with Gasteiger partial charge in [-0.15, -0.1) is 11.3 Å². The molecule has 2 aromatic heterocycles. The third kappa shape index (κ3) is 13.0. The second kappa shape index (κ2) is 21.9. The summed E-state index contributed by atoms with van der Waals surface area (Å²) < 4.78 is 32.5. The van der Waals surface area contributed by atoms with Crippen molar-refractivity contribution in [1.82, 2.24) is 19.6 Å². The molecule has 3 aliphatic rings. The van der Waals surface area contributed by atoms with Gasteiger partial charge in [0.15, 0.2) is 10.6 Å². The summed E-state index contributed by atoms with van der Waals surface area (Å²) in [4.78, 5) is 68.6. The van der Waals surface area contributed by atoms with Crippen LogP contribution in [0.15, 0.2) is 100 Å². The van der Waals surface area contributed by atoms with Crippen molar-refractivity contribution in [3.63, 3.8) is 0 Å². The number of allylic oxidation sites excluding steroid dienone is 2. The topological polar surface area (TPSA) is 235 Å². The summed E-state index contributed by atoms with van der Waals surface area (Å²) in [5.74, 6) is -0.641. The molecule has 2 fully saturated rings. The fourth-order valence-corrected chi connectivity index (χ4v) is 9.58. The Bertz CT molecular complexity index is 2720. The first-order chi connectivity index (χ1) is 31.1. The van der Waals surface area contributed by atoms with Crippen molar-refractivity contribution in [2.24, 2.45) is 17.6 Å². The molecule has 344 valence electrons. The van der Waals surface area contributed by atoms with Crippen molar-refractivity contribution in [3.8, 4) is 17.1 Å². The maximum absolute atomic E-state index is 12.5. The molecule has 1 saturated carbocycles. The average Bonchev–Trinajstić information content (AvgIpc) is 3.61. The van der Waals surface area contributed by atoms with E-state index in [-0.39, 0.29) is 34.0 Å². The van der Waals surface area contributed by atoms with Gasteiger partial charge < -0.3 is 36.3 Å². The Morgan fingerprint density at radius 3 is 2.54 bits per heavy atom. The number of aromatic amines is 1. The number of ether oxygens (including phenoxy) is 1. The second-order valence-electron chi connectivity index (χ2n) is 16.3. The van der Waals surface area contributed by atoms with Gasteiger partial charge in [0, 0.05) is 66.1 Å². The third-order valence-electron chi connectivity index (χ3n) is 10.8. The number of nitrogens with one attached hydrogen (secondary N) is 5. The van der Waals surface area contributed by atoms with Gasteiger partial charge in [-0.1, -0.05) is 36.8 Å². The number of benzene rings is 3. The van der Waals surface area contributed by atoms with Crippen LogP contribution in [-0.2, 0) is 24.4 Å². The number of amides is 4. The highest BCUT2D eigenvalue weighted by Crippen LogP contribution is 2.40. The fraction of sp³-hybridized carbons (Fsp3) is 0.362. The monoisotopic (exact) mass is 924 g/mol. The minimum Gasteiger partial charge on any atom is -0.497 e. The lowest BCUT2D eigenvalue weighted by atomic mass is 10.1. The number of fused-ring (bicyclic) bond motifs is 3. The predicted molar refractivity (Wildman–Crippen MR) is 254 cm³/mol. The number of likely N-dealkylation sites (tertiary alicyclic amines) is 1. The van der Waals surface area contributed by atoms with Crippen molar-refractivity contribution < 1.29 is 32.3 Å². The van der Waals surface area contributed by atoms with Gasteiger partial charge in [0.1, 0.15) is 16.7 Å². The standard InChI is InChI=1S/C17H22N2O3S.C16H17N3O2S.C14H17N3O3/c20-17-14-12-13(14)8-4-2-1-3-7-11-18-15-9-5-6-10-16(15)23(21,22)19-17;1-9(2)17-16-19-14(8-22-16)13-7-15(20)11-5-4-10(21-3)6-12(11)18-13;1-9(18)16-11-5-2-4-10(8-11)14(20)17-7-3-6-12(17)13(15)19/h4-6,8-10,13-14,18H,1-3,7,11-12H2,(H,19,20);4-9H,1-3H3,(H,17,19)(H,18,20);2,4-5,8,12H,3,6-7H2,1H3,(H2,15,19)(H,16,18)/b8-4-;;/t13-,14+;;12-/m1.0/s1. The van der Waals surface area contributed by atoms with Crippen molar-refractivity contribution in [2.75, 3.05) is 36.1 Å². The summed E-state index contributed by atoms with van der Waals surface area (Å²) in [6.07, 6.45) is 10.5. The Kier molecular flexibility index (Phi) is 16.2. The van der Waals surface area contributed by atoms with Crippen LogP contribution in [0.5, 0.6) is 5.75 Å². The Morgan fingerprint density at radius 2 is 1.78 bits per heavy atom. The molecular formula is C47H56N8O8S2. The van der Waals surface area contributed by atoms with E-state index in [4.69, 9.17) is 10.5 Å². The van der Waals surface area contributed by atoms with E-state index < -0.39 is 27.9 Å². The Balaban J connectivity index is 0.000000162. The number of hydrogen-bond donors (Lipinski definition) is 6. The number of thiazole rings is 1. The van der Waals surface area contributed by atoms with Crippen LogP contribution in [0.25, 0.3) is 22.3 Å². The zero-order chi connectivity index (χ0) is 46.7. The molecule has 1 saturated heterocycles. The molecule has 8 rings (SSSR count). The van der Waals surface area contributed by atoms with Crippen LogP contribution in [0.1, 0.15) is 76.1 Å². The number of aromatic nitrogens is 2. The first-order valence-electron chi connectivity index (χ1n) is 21.6. The molecule has 2 aliphatic heterocycles. The summed E-state index contributed by atoms with van der Waals surface area (Å²) >= 11 is 1.52. The smallest absolute Gasteiger partial charge is 0.266 e. The normalized spacial score (nSPS) is 19.4. The summed E-state index contributed by atoms with van der Waals surface area (Å²) in [5.41, 5.74) is 9.03. The number of nitrogens with zero attached hydrogens (tertiary/aromatic N) is 2. The van der Waals surface area contributed by atoms with Gasteiger partial charge in [-0.3, -0.25) is 24.0 Å². The van der Waals surface area contributed by atoms with Crippen LogP contribution in [0.3, 0.4) is 0 Å². The van der Waals surface area contributed by atoms with Gasteiger partial charge >= 0.3 is 0 Å². The molecule has 5 aromatic rings. The first-order valence-corrected chi connectivity index (χ1v) is 24.0. The number of H-pyrrole nitrogens is 1. The maximum atomic E-state index is 12.5. The molecule has 65 heavy (non-hydrogen) atoms. The number of pyridine rings is 1. The lowest BCUT2D eigenvalue weighted by Gasteiger charge is -2.22. The van der Waals surface area contributed by atoms with Gasteiger partial charge in [0.2, 0.25) is 17.7 Å². The van der Waals surface area contributed by atoms with Crippen molar-refractivity contribution >= 4 is 72.4 Å². The van der Waals surface area contributed by atoms with Crippen LogP contribution in [0, 0.1) is 11.8 Å². The molecular weight excluding hydrogens is 869 g/mol. The molecule has 0 spiro atoms. The average molecular weight is 925 g/mol. The quantitative estimate of drug-likeness (QED) is 0.0921. The number of methoxy groups -OCH3 is 1. The van der Waals surface area contributed by atoms with Crippen molar-refractivity contribution in [1.29, 1.82) is 0 Å². The first kappa shape index (κ1) is 47.9. The van der Waals surface area contributed by atoms with Gasteiger partial charge in [-0.05, 0) is 101 Å². The number of primary amides is 1. The Hall–Kier alpha value is -6.53. The van der Waals surface area contributed by atoms with E-state index in [9.17, 15) is 32.4 Å². The molecule has 18 heteroatoms. The van der Waals surface area contributed by atoms with E-state index in [1.807, 2.05) is 11.4 Å². The second-order valence-corrected chi connectivity index (χ2v) is 18.8. The summed E-state index contributed by atoms with van der Waals surface area (Å²) in [5, 5.41) is 12.5. The number of sulfonamides is 1. The molecule has 0 bridgehead atoms. The number of anilines is 3. The van der Waals surface area contributed by atoms with Crippen molar-refractivity contribution in [3.05, 3.63) is 106 Å². The van der Waals surface area contributed by atoms with E-state index in [1.165, 1.54) is 29.2 Å². The summed E-state index contributed by atoms with van der Waals surface area (Å²) in [6, 6.07) is 20.1. The predicted octanol–water partition coefficient (Wildman–Crippen LogP) is 6.89. The number of carbonyl (C=O) groups excluding carboxylic acids is 4. The van der Waals surface area contributed by atoms with Crippen LogP contribution in [-0.4, -0.2) is 79.2 Å². The lowest BCUT2D eigenvalue weighted by molar-refractivity contribution is -0.122. The highest BCUT2D eigenvalue weighted by Gasteiger charge is 2.42. The van der Waals surface area contributed by atoms with Crippen LogP contribution < -0.4 is 36.6 Å². The Morgan fingerprint density at radius 1 is 0.985 bits per heavy atom.